The van der Waals surface area contributed by atoms with Gasteiger partial charge in [-0.1, -0.05) is 18.2 Å². The summed E-state index contributed by atoms with van der Waals surface area (Å²) in [7, 11) is 0. The Morgan fingerprint density at radius 2 is 2.08 bits per heavy atom. The molecule has 2 atom stereocenters. The first kappa shape index (κ1) is 15.2. The molecule has 0 aliphatic carbocycles. The van der Waals surface area contributed by atoms with Crippen LogP contribution in [0.25, 0.3) is 0 Å². The molecule has 1 amide bonds. The second-order valence-corrected chi connectivity index (χ2v) is 6.40. The average molecular weight is 327 g/mol. The molecule has 0 N–H and O–H groups in total. The Balaban J connectivity index is 1.40. The maximum Gasteiger partial charge on any atom is 0.272 e. The van der Waals surface area contributed by atoms with E-state index in [0.29, 0.717) is 38.0 Å². The molecular weight excluding hydrogens is 306 g/mol. The standard InChI is InChI=1S/C18H21N3O3/c1-13-9-16(24-13)11-20-7-8-21-17(18(20)22)10-14(19-21)12-23-15-5-3-2-4-6-15/h2-6,10,13,16H,7-9,11-12H2,1H3. The monoisotopic (exact) mass is 327 g/mol. The van der Waals surface area contributed by atoms with E-state index in [1.165, 1.54) is 0 Å². The summed E-state index contributed by atoms with van der Waals surface area (Å²) in [6, 6.07) is 11.4. The Labute approximate surface area is 141 Å². The molecule has 1 aromatic carbocycles. The van der Waals surface area contributed by atoms with Crippen LogP contribution in [-0.4, -0.2) is 45.9 Å². The van der Waals surface area contributed by atoms with Gasteiger partial charge in [0.15, 0.2) is 0 Å². The minimum Gasteiger partial charge on any atom is -0.487 e. The second kappa shape index (κ2) is 6.28. The number of hydrogen-bond donors (Lipinski definition) is 0. The number of fused-ring (bicyclic) bond motifs is 1. The Morgan fingerprint density at radius 1 is 1.29 bits per heavy atom. The number of amides is 1. The van der Waals surface area contributed by atoms with Crippen LogP contribution in [0.5, 0.6) is 5.75 Å². The average Bonchev–Trinajstić information content (AvgIpc) is 2.99. The van der Waals surface area contributed by atoms with Crippen molar-refractivity contribution in [1.29, 1.82) is 0 Å². The van der Waals surface area contributed by atoms with Crippen molar-refractivity contribution in [2.75, 3.05) is 13.1 Å². The van der Waals surface area contributed by atoms with Crippen molar-refractivity contribution in [2.24, 2.45) is 0 Å². The largest absolute Gasteiger partial charge is 0.487 e. The summed E-state index contributed by atoms with van der Waals surface area (Å²) in [5, 5.41) is 4.49. The number of hydrogen-bond acceptors (Lipinski definition) is 4. The minimum absolute atomic E-state index is 0.0304. The first-order valence-electron chi connectivity index (χ1n) is 8.38. The van der Waals surface area contributed by atoms with Crippen molar-refractivity contribution in [1.82, 2.24) is 14.7 Å². The number of para-hydroxylation sites is 1. The predicted molar refractivity (Wildman–Crippen MR) is 87.9 cm³/mol. The molecule has 24 heavy (non-hydrogen) atoms. The van der Waals surface area contributed by atoms with Crippen LogP contribution < -0.4 is 4.74 Å². The molecule has 4 rings (SSSR count). The van der Waals surface area contributed by atoms with E-state index in [0.717, 1.165) is 17.9 Å². The maximum atomic E-state index is 12.6. The molecule has 1 fully saturated rings. The van der Waals surface area contributed by atoms with Crippen molar-refractivity contribution >= 4 is 5.91 Å². The normalized spacial score (nSPS) is 22.9. The van der Waals surface area contributed by atoms with Crippen LogP contribution in [0.3, 0.4) is 0 Å². The van der Waals surface area contributed by atoms with Crippen molar-refractivity contribution < 1.29 is 14.3 Å². The van der Waals surface area contributed by atoms with Crippen molar-refractivity contribution in [2.45, 2.75) is 38.7 Å². The Hall–Kier alpha value is -2.34. The van der Waals surface area contributed by atoms with E-state index in [1.54, 1.807) is 4.68 Å². The molecule has 2 unspecified atom stereocenters. The van der Waals surface area contributed by atoms with Gasteiger partial charge in [0.1, 0.15) is 23.7 Å². The number of carbonyl (C=O) groups is 1. The Kier molecular flexibility index (Phi) is 3.98. The molecule has 0 saturated carbocycles. The lowest BCUT2D eigenvalue weighted by Gasteiger charge is -2.38. The van der Waals surface area contributed by atoms with Gasteiger partial charge in [0, 0.05) is 19.5 Å². The number of aromatic nitrogens is 2. The SMILES string of the molecule is CC1CC(CN2CCn3nc(COc4ccccc4)cc3C2=O)O1. The van der Waals surface area contributed by atoms with Gasteiger partial charge in [0.25, 0.3) is 5.91 Å². The second-order valence-electron chi connectivity index (χ2n) is 6.40. The summed E-state index contributed by atoms with van der Waals surface area (Å²) in [6.07, 6.45) is 1.53. The van der Waals surface area contributed by atoms with E-state index < -0.39 is 0 Å². The topological polar surface area (TPSA) is 56.6 Å². The number of benzene rings is 1. The fourth-order valence-electron chi connectivity index (χ4n) is 3.26. The first-order chi connectivity index (χ1) is 11.7. The smallest absolute Gasteiger partial charge is 0.272 e. The highest BCUT2D eigenvalue weighted by Gasteiger charge is 2.33. The van der Waals surface area contributed by atoms with Gasteiger partial charge >= 0.3 is 0 Å². The molecule has 2 aliphatic rings. The van der Waals surface area contributed by atoms with E-state index in [2.05, 4.69) is 12.0 Å². The van der Waals surface area contributed by atoms with E-state index in [9.17, 15) is 4.79 Å². The van der Waals surface area contributed by atoms with Crippen LogP contribution in [-0.2, 0) is 17.9 Å². The summed E-state index contributed by atoms with van der Waals surface area (Å²) in [6.45, 7) is 4.49. The lowest BCUT2D eigenvalue weighted by molar-refractivity contribution is -0.121. The van der Waals surface area contributed by atoms with Gasteiger partial charge in [-0.3, -0.25) is 9.48 Å². The molecule has 0 bridgehead atoms. The quantitative estimate of drug-likeness (QED) is 0.844. The van der Waals surface area contributed by atoms with E-state index >= 15 is 0 Å². The molecule has 0 radical (unpaired) electrons. The molecule has 2 aliphatic heterocycles. The van der Waals surface area contributed by atoms with Gasteiger partial charge in [0.2, 0.25) is 0 Å². The van der Waals surface area contributed by atoms with Crippen LogP contribution in [0.1, 0.15) is 29.5 Å². The summed E-state index contributed by atoms with van der Waals surface area (Å²) in [5.41, 5.74) is 1.41. The summed E-state index contributed by atoms with van der Waals surface area (Å²) in [5.74, 6) is 0.829. The van der Waals surface area contributed by atoms with E-state index in [4.69, 9.17) is 9.47 Å². The highest BCUT2D eigenvalue weighted by Crippen LogP contribution is 2.23. The molecular formula is C18H21N3O3. The third-order valence-electron chi connectivity index (χ3n) is 4.49. The number of nitrogens with zero attached hydrogens (tertiary/aromatic N) is 3. The van der Waals surface area contributed by atoms with Crippen molar-refractivity contribution in [3.8, 4) is 5.75 Å². The summed E-state index contributed by atoms with van der Waals surface area (Å²) in [4.78, 5) is 14.5. The first-order valence-corrected chi connectivity index (χ1v) is 8.38. The predicted octanol–water partition coefficient (Wildman–Crippen LogP) is 2.10. The molecule has 2 aromatic rings. The fourth-order valence-corrected chi connectivity index (χ4v) is 3.26. The van der Waals surface area contributed by atoms with E-state index in [-0.39, 0.29) is 12.0 Å². The molecule has 1 saturated heterocycles. The zero-order valence-corrected chi connectivity index (χ0v) is 13.7. The maximum absolute atomic E-state index is 12.6. The Morgan fingerprint density at radius 3 is 2.83 bits per heavy atom. The zero-order valence-electron chi connectivity index (χ0n) is 13.7. The lowest BCUT2D eigenvalue weighted by Crippen LogP contribution is -2.49. The molecule has 126 valence electrons. The van der Waals surface area contributed by atoms with Crippen LogP contribution >= 0.6 is 0 Å². The highest BCUT2D eigenvalue weighted by molar-refractivity contribution is 5.93. The van der Waals surface area contributed by atoms with Gasteiger partial charge in [-0.15, -0.1) is 0 Å². The molecule has 6 heteroatoms. The van der Waals surface area contributed by atoms with Crippen LogP contribution in [0.2, 0.25) is 0 Å². The zero-order chi connectivity index (χ0) is 16.5. The highest BCUT2D eigenvalue weighted by atomic mass is 16.5. The fraction of sp³-hybridized carbons (Fsp3) is 0.444. The van der Waals surface area contributed by atoms with Gasteiger partial charge in [-0.2, -0.15) is 5.10 Å². The van der Waals surface area contributed by atoms with Gasteiger partial charge in [-0.25, -0.2) is 0 Å². The molecule has 1 aromatic heterocycles. The number of ether oxygens (including phenoxy) is 2. The van der Waals surface area contributed by atoms with E-state index in [1.807, 2.05) is 41.3 Å². The van der Waals surface area contributed by atoms with Crippen molar-refractivity contribution in [3.63, 3.8) is 0 Å². The lowest BCUT2D eigenvalue weighted by atomic mass is 10.1. The third-order valence-corrected chi connectivity index (χ3v) is 4.49. The summed E-state index contributed by atoms with van der Waals surface area (Å²) < 4.78 is 13.1. The van der Waals surface area contributed by atoms with Crippen LogP contribution in [0, 0.1) is 0 Å². The van der Waals surface area contributed by atoms with Gasteiger partial charge < -0.3 is 14.4 Å². The minimum atomic E-state index is 0.0304. The third kappa shape index (κ3) is 3.01. The molecule has 6 nitrogen and oxygen atoms in total. The molecule has 3 heterocycles. The van der Waals surface area contributed by atoms with Crippen molar-refractivity contribution in [3.05, 3.63) is 47.8 Å². The van der Waals surface area contributed by atoms with Gasteiger partial charge in [-0.05, 0) is 25.1 Å². The Bertz CT molecular complexity index is 722. The van der Waals surface area contributed by atoms with Gasteiger partial charge in [0.05, 0.1) is 18.8 Å². The van der Waals surface area contributed by atoms with Crippen LogP contribution in [0.4, 0.5) is 0 Å². The number of rotatable bonds is 5. The van der Waals surface area contributed by atoms with Crippen LogP contribution in [0.15, 0.2) is 36.4 Å². The molecule has 0 spiro atoms. The number of carbonyl (C=O) groups excluding carboxylic acids is 1. The summed E-state index contributed by atoms with van der Waals surface area (Å²) >= 11 is 0.